The molecule has 1 aliphatic rings. The number of nitrogens with one attached hydrogen (secondary N) is 1. The Hall–Kier alpha value is -1.30. The van der Waals surface area contributed by atoms with E-state index in [9.17, 15) is 9.59 Å². The van der Waals surface area contributed by atoms with Crippen LogP contribution in [0.5, 0.6) is 0 Å². The van der Waals surface area contributed by atoms with Gasteiger partial charge >= 0.3 is 12.0 Å². The average molecular weight is 285 g/mol. The molecule has 20 heavy (non-hydrogen) atoms. The summed E-state index contributed by atoms with van der Waals surface area (Å²) in [5.74, 6) is -0.345. The number of hydrogen-bond acceptors (Lipinski definition) is 3. The minimum Gasteiger partial charge on any atom is -0.481 e. The highest BCUT2D eigenvalue weighted by Gasteiger charge is 2.21. The first-order chi connectivity index (χ1) is 9.40. The second-order valence-electron chi connectivity index (χ2n) is 5.86. The summed E-state index contributed by atoms with van der Waals surface area (Å²) in [6.45, 7) is 6.89. The predicted octanol–water partition coefficient (Wildman–Crippen LogP) is 1.22. The fourth-order valence-electron chi connectivity index (χ4n) is 2.41. The van der Waals surface area contributed by atoms with E-state index in [2.05, 4.69) is 17.3 Å². The molecule has 0 spiro atoms. The molecule has 0 aliphatic carbocycles. The standard InChI is InChI=1S/C14H27N3O3/c1-11(2)17(9-6-13(18)19)14(20)15-10-12-4-7-16(3)8-5-12/h11-12H,4-10H2,1-3H3,(H,15,20)(H,18,19). The molecule has 1 heterocycles. The van der Waals surface area contributed by atoms with Gasteiger partial charge in [0.25, 0.3) is 0 Å². The number of nitrogens with zero attached hydrogens (tertiary/aromatic N) is 2. The highest BCUT2D eigenvalue weighted by Crippen LogP contribution is 2.15. The Kier molecular flexibility index (Phi) is 6.78. The van der Waals surface area contributed by atoms with E-state index in [0.717, 1.165) is 25.9 Å². The van der Waals surface area contributed by atoms with Crippen molar-refractivity contribution in [3.05, 3.63) is 0 Å². The first-order valence-corrected chi connectivity index (χ1v) is 7.35. The van der Waals surface area contributed by atoms with Crippen molar-refractivity contribution in [1.82, 2.24) is 15.1 Å². The van der Waals surface area contributed by atoms with Crippen molar-refractivity contribution in [3.8, 4) is 0 Å². The first-order valence-electron chi connectivity index (χ1n) is 7.35. The molecule has 0 saturated carbocycles. The zero-order valence-corrected chi connectivity index (χ0v) is 12.8. The van der Waals surface area contributed by atoms with Crippen LogP contribution in [0.25, 0.3) is 0 Å². The number of piperidine rings is 1. The highest BCUT2D eigenvalue weighted by atomic mass is 16.4. The third kappa shape index (κ3) is 5.77. The molecule has 2 amide bonds. The average Bonchev–Trinajstić information content (AvgIpc) is 2.37. The summed E-state index contributed by atoms with van der Waals surface area (Å²) in [7, 11) is 2.11. The van der Waals surface area contributed by atoms with Gasteiger partial charge in [-0.05, 0) is 52.7 Å². The summed E-state index contributed by atoms with van der Waals surface area (Å²) < 4.78 is 0. The fraction of sp³-hybridized carbons (Fsp3) is 0.857. The Morgan fingerprint density at radius 1 is 1.35 bits per heavy atom. The van der Waals surface area contributed by atoms with Gasteiger partial charge in [0.1, 0.15) is 0 Å². The van der Waals surface area contributed by atoms with Crippen LogP contribution < -0.4 is 5.32 Å². The SMILES string of the molecule is CC(C)N(CCC(=O)O)C(=O)NCC1CCN(C)CC1. The lowest BCUT2D eigenvalue weighted by Gasteiger charge is -2.31. The lowest BCUT2D eigenvalue weighted by atomic mass is 9.97. The number of carboxylic acids is 1. The molecule has 6 heteroatoms. The monoisotopic (exact) mass is 285 g/mol. The van der Waals surface area contributed by atoms with E-state index in [1.165, 1.54) is 0 Å². The maximum Gasteiger partial charge on any atom is 0.317 e. The zero-order chi connectivity index (χ0) is 15.1. The Morgan fingerprint density at radius 3 is 2.45 bits per heavy atom. The van der Waals surface area contributed by atoms with Gasteiger partial charge in [-0.15, -0.1) is 0 Å². The Labute approximate surface area is 121 Å². The molecule has 0 aromatic heterocycles. The molecule has 0 unspecified atom stereocenters. The number of likely N-dealkylation sites (tertiary alicyclic amines) is 1. The minimum atomic E-state index is -0.876. The molecule has 0 bridgehead atoms. The molecule has 2 N–H and O–H groups in total. The maximum atomic E-state index is 12.1. The van der Waals surface area contributed by atoms with E-state index in [1.807, 2.05) is 13.8 Å². The van der Waals surface area contributed by atoms with Gasteiger partial charge in [-0.3, -0.25) is 4.79 Å². The third-order valence-electron chi connectivity index (χ3n) is 3.83. The van der Waals surface area contributed by atoms with E-state index in [4.69, 9.17) is 5.11 Å². The topological polar surface area (TPSA) is 72.9 Å². The Morgan fingerprint density at radius 2 is 1.95 bits per heavy atom. The highest BCUT2D eigenvalue weighted by molar-refractivity contribution is 5.75. The van der Waals surface area contributed by atoms with Crippen LogP contribution in [-0.2, 0) is 4.79 Å². The smallest absolute Gasteiger partial charge is 0.317 e. The van der Waals surface area contributed by atoms with Crippen molar-refractivity contribution in [2.75, 3.05) is 33.2 Å². The van der Waals surface area contributed by atoms with Gasteiger partial charge < -0.3 is 20.2 Å². The molecule has 0 radical (unpaired) electrons. The molecule has 1 aliphatic heterocycles. The third-order valence-corrected chi connectivity index (χ3v) is 3.83. The molecule has 0 aromatic carbocycles. The van der Waals surface area contributed by atoms with E-state index in [-0.39, 0.29) is 25.0 Å². The van der Waals surface area contributed by atoms with Gasteiger partial charge in [0.2, 0.25) is 0 Å². The van der Waals surface area contributed by atoms with Crippen molar-refractivity contribution in [2.24, 2.45) is 5.92 Å². The molecular weight excluding hydrogens is 258 g/mol. The number of carbonyl (C=O) groups is 2. The van der Waals surface area contributed by atoms with Gasteiger partial charge in [-0.25, -0.2) is 4.79 Å². The van der Waals surface area contributed by atoms with Gasteiger partial charge in [0.05, 0.1) is 6.42 Å². The second kappa shape index (κ2) is 8.09. The van der Waals surface area contributed by atoms with Crippen molar-refractivity contribution in [3.63, 3.8) is 0 Å². The molecular formula is C14H27N3O3. The molecule has 0 aromatic rings. The Balaban J connectivity index is 2.36. The number of carbonyl (C=O) groups excluding carboxylic acids is 1. The maximum absolute atomic E-state index is 12.1. The van der Waals surface area contributed by atoms with Crippen LogP contribution in [0.2, 0.25) is 0 Å². The van der Waals surface area contributed by atoms with E-state index in [0.29, 0.717) is 12.5 Å². The number of carboxylic acid groups (broad SMARTS) is 1. The number of rotatable bonds is 6. The lowest BCUT2D eigenvalue weighted by molar-refractivity contribution is -0.137. The largest absolute Gasteiger partial charge is 0.481 e. The lowest BCUT2D eigenvalue weighted by Crippen LogP contribution is -2.47. The second-order valence-corrected chi connectivity index (χ2v) is 5.86. The van der Waals surface area contributed by atoms with E-state index in [1.54, 1.807) is 4.90 Å². The summed E-state index contributed by atoms with van der Waals surface area (Å²) >= 11 is 0. The fourth-order valence-corrected chi connectivity index (χ4v) is 2.41. The molecule has 1 rings (SSSR count). The van der Waals surface area contributed by atoms with Crippen molar-refractivity contribution < 1.29 is 14.7 Å². The van der Waals surface area contributed by atoms with Crippen molar-refractivity contribution in [2.45, 2.75) is 39.2 Å². The minimum absolute atomic E-state index is 0.00633. The Bertz CT molecular complexity index is 326. The summed E-state index contributed by atoms with van der Waals surface area (Å²) in [6, 6.07) is -0.146. The zero-order valence-electron chi connectivity index (χ0n) is 12.8. The van der Waals surface area contributed by atoms with Gasteiger partial charge in [-0.1, -0.05) is 0 Å². The van der Waals surface area contributed by atoms with Crippen LogP contribution in [0.3, 0.4) is 0 Å². The van der Waals surface area contributed by atoms with Gasteiger partial charge in [-0.2, -0.15) is 0 Å². The van der Waals surface area contributed by atoms with Gasteiger partial charge in [0, 0.05) is 19.1 Å². The van der Waals surface area contributed by atoms with E-state index >= 15 is 0 Å². The number of hydrogen-bond donors (Lipinski definition) is 2. The van der Waals surface area contributed by atoms with Crippen molar-refractivity contribution in [1.29, 1.82) is 0 Å². The summed E-state index contributed by atoms with van der Waals surface area (Å²) in [5, 5.41) is 11.7. The predicted molar refractivity (Wildman–Crippen MR) is 77.7 cm³/mol. The summed E-state index contributed by atoms with van der Waals surface area (Å²) in [6.07, 6.45) is 2.20. The molecule has 1 saturated heterocycles. The molecule has 6 nitrogen and oxygen atoms in total. The van der Waals surface area contributed by atoms with Crippen LogP contribution in [0.15, 0.2) is 0 Å². The number of urea groups is 1. The normalized spacial score (nSPS) is 17.2. The summed E-state index contributed by atoms with van der Waals surface area (Å²) in [4.78, 5) is 26.6. The number of amides is 2. The summed E-state index contributed by atoms with van der Waals surface area (Å²) in [5.41, 5.74) is 0. The van der Waals surface area contributed by atoms with Crippen LogP contribution in [-0.4, -0.2) is 66.2 Å². The molecule has 0 atom stereocenters. The number of aliphatic carboxylic acids is 1. The van der Waals surface area contributed by atoms with Crippen molar-refractivity contribution >= 4 is 12.0 Å². The van der Waals surface area contributed by atoms with Crippen LogP contribution in [0, 0.1) is 5.92 Å². The molecule has 1 fully saturated rings. The quantitative estimate of drug-likeness (QED) is 0.769. The van der Waals surface area contributed by atoms with E-state index < -0.39 is 5.97 Å². The molecule has 116 valence electrons. The van der Waals surface area contributed by atoms with Crippen LogP contribution in [0.4, 0.5) is 4.79 Å². The van der Waals surface area contributed by atoms with Crippen LogP contribution in [0.1, 0.15) is 33.1 Å². The first kappa shape index (κ1) is 16.8. The van der Waals surface area contributed by atoms with Gasteiger partial charge in [0.15, 0.2) is 0 Å². The van der Waals surface area contributed by atoms with Crippen LogP contribution >= 0.6 is 0 Å².